The van der Waals surface area contributed by atoms with Crippen LogP contribution < -0.4 is 10.6 Å². The van der Waals surface area contributed by atoms with Gasteiger partial charge in [-0.05, 0) is 68.7 Å². The lowest BCUT2D eigenvalue weighted by Crippen LogP contribution is -2.36. The summed E-state index contributed by atoms with van der Waals surface area (Å²) in [5.41, 5.74) is 11.6. The molecule has 0 aliphatic carbocycles. The fourth-order valence-corrected chi connectivity index (χ4v) is 4.10. The standard InChI is InChI=1S/C23H28N6/c1-16-6-3-8-20(17(16)2)21-14-19(27-22(24)28-21)10-9-18-7-4-13-29(15-18)23-25-11-5-12-26-23/h3,5-6,8,11-12,14,18H,4,7,9-10,13,15H2,1-2H3,(H2,24,27,28). The summed E-state index contributed by atoms with van der Waals surface area (Å²) in [6.07, 6.45) is 8.00. The minimum Gasteiger partial charge on any atom is -0.368 e. The van der Waals surface area contributed by atoms with Gasteiger partial charge in [-0.25, -0.2) is 19.9 Å². The summed E-state index contributed by atoms with van der Waals surface area (Å²) >= 11 is 0. The minimum atomic E-state index is 0.348. The van der Waals surface area contributed by atoms with Gasteiger partial charge in [-0.15, -0.1) is 0 Å². The largest absolute Gasteiger partial charge is 0.368 e. The molecule has 150 valence electrons. The number of anilines is 2. The van der Waals surface area contributed by atoms with Crippen LogP contribution >= 0.6 is 0 Å². The van der Waals surface area contributed by atoms with Gasteiger partial charge in [0.25, 0.3) is 0 Å². The number of piperidine rings is 1. The van der Waals surface area contributed by atoms with E-state index in [4.69, 9.17) is 5.73 Å². The maximum atomic E-state index is 6.04. The summed E-state index contributed by atoms with van der Waals surface area (Å²) in [5.74, 6) is 1.79. The maximum absolute atomic E-state index is 6.04. The zero-order valence-electron chi connectivity index (χ0n) is 17.2. The molecule has 1 aliphatic rings. The number of nitrogens with zero attached hydrogens (tertiary/aromatic N) is 5. The summed E-state index contributed by atoms with van der Waals surface area (Å²) in [6.45, 7) is 6.27. The van der Waals surface area contributed by atoms with Crippen LogP contribution in [0.5, 0.6) is 0 Å². The zero-order chi connectivity index (χ0) is 20.2. The topological polar surface area (TPSA) is 80.8 Å². The van der Waals surface area contributed by atoms with Gasteiger partial charge in [-0.2, -0.15) is 0 Å². The molecule has 0 spiro atoms. The fourth-order valence-electron chi connectivity index (χ4n) is 4.10. The molecule has 1 atom stereocenters. The van der Waals surface area contributed by atoms with Gasteiger partial charge in [0.15, 0.2) is 0 Å². The van der Waals surface area contributed by atoms with E-state index < -0.39 is 0 Å². The van der Waals surface area contributed by atoms with Crippen molar-refractivity contribution in [3.05, 3.63) is 59.5 Å². The van der Waals surface area contributed by atoms with Crippen molar-refractivity contribution in [1.29, 1.82) is 0 Å². The summed E-state index contributed by atoms with van der Waals surface area (Å²) in [6, 6.07) is 10.2. The van der Waals surface area contributed by atoms with Crippen LogP contribution in [0.3, 0.4) is 0 Å². The normalized spacial score (nSPS) is 16.8. The van der Waals surface area contributed by atoms with Gasteiger partial charge in [0, 0.05) is 36.7 Å². The molecular formula is C23H28N6. The third-order valence-corrected chi connectivity index (χ3v) is 5.84. The number of rotatable bonds is 5. The Morgan fingerprint density at radius 2 is 1.93 bits per heavy atom. The quantitative estimate of drug-likeness (QED) is 0.712. The van der Waals surface area contributed by atoms with E-state index in [1.54, 1.807) is 0 Å². The number of hydrogen-bond acceptors (Lipinski definition) is 6. The lowest BCUT2D eigenvalue weighted by molar-refractivity contribution is 0.387. The van der Waals surface area contributed by atoms with Crippen molar-refractivity contribution in [2.45, 2.75) is 39.5 Å². The number of nitrogens with two attached hydrogens (primary N) is 1. The smallest absolute Gasteiger partial charge is 0.225 e. The van der Waals surface area contributed by atoms with Crippen molar-refractivity contribution < 1.29 is 0 Å². The molecule has 0 amide bonds. The number of aromatic nitrogens is 4. The Hall–Kier alpha value is -3.02. The first-order valence-corrected chi connectivity index (χ1v) is 10.3. The van der Waals surface area contributed by atoms with E-state index in [1.165, 1.54) is 24.0 Å². The van der Waals surface area contributed by atoms with E-state index in [1.807, 2.05) is 18.5 Å². The number of nitrogen functional groups attached to an aromatic ring is 1. The van der Waals surface area contributed by atoms with Gasteiger partial charge in [-0.1, -0.05) is 18.2 Å². The third kappa shape index (κ3) is 4.53. The van der Waals surface area contributed by atoms with Crippen molar-refractivity contribution in [3.63, 3.8) is 0 Å². The third-order valence-electron chi connectivity index (χ3n) is 5.84. The molecule has 6 nitrogen and oxygen atoms in total. The van der Waals surface area contributed by atoms with E-state index >= 15 is 0 Å². The van der Waals surface area contributed by atoms with E-state index in [2.05, 4.69) is 62.9 Å². The SMILES string of the molecule is Cc1cccc(-c2cc(CCC3CCCN(c4ncccn4)C3)nc(N)n2)c1C. The molecule has 2 aromatic heterocycles. The molecule has 3 aromatic rings. The first kappa shape index (κ1) is 19.3. The molecule has 0 bridgehead atoms. The Kier molecular flexibility index (Phi) is 5.69. The van der Waals surface area contributed by atoms with Gasteiger partial charge in [0.2, 0.25) is 11.9 Å². The zero-order valence-corrected chi connectivity index (χ0v) is 17.2. The summed E-state index contributed by atoms with van der Waals surface area (Å²) < 4.78 is 0. The number of aryl methyl sites for hydroxylation is 2. The summed E-state index contributed by atoms with van der Waals surface area (Å²) in [4.78, 5) is 20.1. The average Bonchev–Trinajstić information content (AvgIpc) is 2.75. The molecule has 29 heavy (non-hydrogen) atoms. The second kappa shape index (κ2) is 8.55. The Labute approximate surface area is 172 Å². The van der Waals surface area contributed by atoms with Crippen molar-refractivity contribution >= 4 is 11.9 Å². The highest BCUT2D eigenvalue weighted by atomic mass is 15.2. The number of hydrogen-bond donors (Lipinski definition) is 1. The minimum absolute atomic E-state index is 0.348. The monoisotopic (exact) mass is 388 g/mol. The second-order valence-electron chi connectivity index (χ2n) is 7.89. The van der Waals surface area contributed by atoms with Gasteiger partial charge < -0.3 is 10.6 Å². The van der Waals surface area contributed by atoms with E-state index in [9.17, 15) is 0 Å². The number of benzene rings is 1. The molecule has 3 heterocycles. The van der Waals surface area contributed by atoms with E-state index in [0.717, 1.165) is 48.8 Å². The maximum Gasteiger partial charge on any atom is 0.225 e. The average molecular weight is 389 g/mol. The second-order valence-corrected chi connectivity index (χ2v) is 7.89. The van der Waals surface area contributed by atoms with Crippen molar-refractivity contribution in [1.82, 2.24) is 19.9 Å². The lowest BCUT2D eigenvalue weighted by Gasteiger charge is -2.32. The van der Waals surface area contributed by atoms with Crippen LogP contribution in [0, 0.1) is 19.8 Å². The van der Waals surface area contributed by atoms with Crippen LogP contribution in [0.1, 0.15) is 36.1 Å². The van der Waals surface area contributed by atoms with Crippen LogP contribution in [0.4, 0.5) is 11.9 Å². The lowest BCUT2D eigenvalue weighted by atomic mass is 9.92. The van der Waals surface area contributed by atoms with Crippen LogP contribution in [-0.2, 0) is 6.42 Å². The fraction of sp³-hybridized carbons (Fsp3) is 0.391. The highest BCUT2D eigenvalue weighted by Crippen LogP contribution is 2.27. The molecule has 4 rings (SSSR count). The van der Waals surface area contributed by atoms with Gasteiger partial charge in [0.1, 0.15) is 0 Å². The Balaban J connectivity index is 1.46. The predicted molar refractivity (Wildman–Crippen MR) is 117 cm³/mol. The summed E-state index contributed by atoms with van der Waals surface area (Å²) in [7, 11) is 0. The van der Waals surface area contributed by atoms with Crippen LogP contribution in [0.2, 0.25) is 0 Å². The van der Waals surface area contributed by atoms with Crippen molar-refractivity contribution in [2.75, 3.05) is 23.7 Å². The van der Waals surface area contributed by atoms with Gasteiger partial charge >= 0.3 is 0 Å². The van der Waals surface area contributed by atoms with Crippen molar-refractivity contribution in [2.24, 2.45) is 5.92 Å². The first-order chi connectivity index (χ1) is 14.1. The highest BCUT2D eigenvalue weighted by Gasteiger charge is 2.22. The molecule has 0 radical (unpaired) electrons. The molecule has 1 aromatic carbocycles. The molecular weight excluding hydrogens is 360 g/mol. The molecule has 1 unspecified atom stereocenters. The van der Waals surface area contributed by atoms with Gasteiger partial charge in [0.05, 0.1) is 5.69 Å². The Morgan fingerprint density at radius 1 is 1.10 bits per heavy atom. The molecule has 1 fully saturated rings. The first-order valence-electron chi connectivity index (χ1n) is 10.3. The predicted octanol–water partition coefficient (Wildman–Crippen LogP) is 3.98. The molecule has 1 saturated heterocycles. The van der Waals surface area contributed by atoms with E-state index in [0.29, 0.717) is 11.9 Å². The molecule has 0 saturated carbocycles. The molecule has 6 heteroatoms. The molecule has 2 N–H and O–H groups in total. The highest BCUT2D eigenvalue weighted by molar-refractivity contribution is 5.66. The van der Waals surface area contributed by atoms with Crippen molar-refractivity contribution in [3.8, 4) is 11.3 Å². The Bertz CT molecular complexity index is 972. The Morgan fingerprint density at radius 3 is 2.76 bits per heavy atom. The van der Waals surface area contributed by atoms with Crippen LogP contribution in [-0.4, -0.2) is 33.0 Å². The van der Waals surface area contributed by atoms with Gasteiger partial charge in [-0.3, -0.25) is 0 Å². The summed E-state index contributed by atoms with van der Waals surface area (Å²) in [5, 5.41) is 0. The van der Waals surface area contributed by atoms with Crippen LogP contribution in [0.25, 0.3) is 11.3 Å². The van der Waals surface area contributed by atoms with Crippen LogP contribution in [0.15, 0.2) is 42.7 Å². The van der Waals surface area contributed by atoms with E-state index in [-0.39, 0.29) is 0 Å². The molecule has 1 aliphatic heterocycles.